The van der Waals surface area contributed by atoms with E-state index < -0.39 is 0 Å². The highest BCUT2D eigenvalue weighted by atomic mass is 35.5. The molecule has 0 atom stereocenters. The molecule has 3 aromatic rings. The van der Waals surface area contributed by atoms with E-state index >= 15 is 0 Å². The van der Waals surface area contributed by atoms with Gasteiger partial charge in [-0.05, 0) is 5.56 Å². The summed E-state index contributed by atoms with van der Waals surface area (Å²) in [6.45, 7) is 1.18. The van der Waals surface area contributed by atoms with Gasteiger partial charge in [-0.3, -0.25) is 0 Å². The fourth-order valence-electron chi connectivity index (χ4n) is 2.98. The Morgan fingerprint density at radius 3 is 2.23 bits per heavy atom. The molecule has 1 fully saturated rings. The lowest BCUT2D eigenvalue weighted by atomic mass is 10.0. The smallest absolute Gasteiger partial charge is 0.131 e. The van der Waals surface area contributed by atoms with Crippen molar-refractivity contribution < 1.29 is 4.74 Å². The molecule has 0 unspecified atom stereocenters. The normalized spacial score (nSPS) is 15.4. The van der Waals surface area contributed by atoms with E-state index in [0.29, 0.717) is 35.3 Å². The van der Waals surface area contributed by atoms with Crippen molar-refractivity contribution in [2.75, 3.05) is 18.9 Å². The molecule has 6 heteroatoms. The van der Waals surface area contributed by atoms with E-state index in [0.717, 1.165) is 16.8 Å². The molecule has 0 radical (unpaired) electrons. The molecular formula is C20H19ClN4O. The second kappa shape index (κ2) is 6.86. The molecule has 4 N–H and O–H groups in total. The Balaban J connectivity index is 1.90. The van der Waals surface area contributed by atoms with Crippen LogP contribution in [0.3, 0.4) is 0 Å². The predicted molar refractivity (Wildman–Crippen MR) is 105 cm³/mol. The molecule has 2 aromatic carbocycles. The molecule has 0 aliphatic carbocycles. The highest BCUT2D eigenvalue weighted by Crippen LogP contribution is 2.39. The third-order valence-corrected chi connectivity index (χ3v) is 4.89. The average molecular weight is 367 g/mol. The molecule has 0 saturated carbocycles. The molecule has 0 bridgehead atoms. The zero-order valence-electron chi connectivity index (χ0n) is 14.1. The minimum absolute atomic E-state index is 0.119. The van der Waals surface area contributed by atoms with Crippen molar-refractivity contribution in [1.82, 2.24) is 9.78 Å². The molecular weight excluding hydrogens is 348 g/mol. The van der Waals surface area contributed by atoms with Crippen LogP contribution in [0.2, 0.25) is 0 Å². The molecule has 0 spiro atoms. The second-order valence-corrected chi connectivity index (χ2v) is 6.58. The zero-order chi connectivity index (χ0) is 18.1. The molecule has 26 heavy (non-hydrogen) atoms. The molecule has 1 aromatic heterocycles. The Bertz CT molecular complexity index is 947. The van der Waals surface area contributed by atoms with E-state index in [1.807, 2.05) is 60.7 Å². The van der Waals surface area contributed by atoms with Crippen LogP contribution in [0.15, 0.2) is 60.7 Å². The number of rotatable bonds is 4. The van der Waals surface area contributed by atoms with E-state index in [4.69, 9.17) is 32.9 Å². The molecule has 4 rings (SSSR count). The SMILES string of the molecule is N/C(=C(/Cl)c1c(-c2ccccc2)nn(C2COC2)c1N)c1ccccc1. The maximum absolute atomic E-state index is 6.72. The highest BCUT2D eigenvalue weighted by molar-refractivity contribution is 6.53. The Labute approximate surface area is 156 Å². The quantitative estimate of drug-likeness (QED) is 0.737. The van der Waals surface area contributed by atoms with Gasteiger partial charge in [-0.2, -0.15) is 5.10 Å². The van der Waals surface area contributed by atoms with Crippen LogP contribution in [0.25, 0.3) is 22.0 Å². The summed E-state index contributed by atoms with van der Waals surface area (Å²) in [6.07, 6.45) is 0. The Morgan fingerprint density at radius 1 is 1.04 bits per heavy atom. The summed E-state index contributed by atoms with van der Waals surface area (Å²) in [7, 11) is 0. The van der Waals surface area contributed by atoms with Crippen molar-refractivity contribution in [3.8, 4) is 11.3 Å². The Kier molecular flexibility index (Phi) is 4.41. The van der Waals surface area contributed by atoms with Gasteiger partial charge in [0, 0.05) is 5.56 Å². The molecule has 1 aliphatic rings. The van der Waals surface area contributed by atoms with Gasteiger partial charge in [-0.25, -0.2) is 4.68 Å². The number of aromatic nitrogens is 2. The summed E-state index contributed by atoms with van der Waals surface area (Å²) in [4.78, 5) is 0. The van der Waals surface area contributed by atoms with Gasteiger partial charge in [-0.1, -0.05) is 72.3 Å². The Morgan fingerprint density at radius 2 is 1.65 bits per heavy atom. The van der Waals surface area contributed by atoms with Gasteiger partial charge in [0.25, 0.3) is 0 Å². The lowest BCUT2D eigenvalue weighted by Gasteiger charge is -2.27. The number of hydrogen-bond donors (Lipinski definition) is 2. The number of anilines is 1. The second-order valence-electron chi connectivity index (χ2n) is 6.20. The van der Waals surface area contributed by atoms with Gasteiger partial charge >= 0.3 is 0 Å². The topological polar surface area (TPSA) is 79.1 Å². The fraction of sp³-hybridized carbons (Fsp3) is 0.150. The molecule has 2 heterocycles. The Hall–Kier alpha value is -2.76. The number of nitrogen functional groups attached to an aromatic ring is 1. The van der Waals surface area contributed by atoms with Gasteiger partial charge in [0.05, 0.1) is 29.5 Å². The van der Waals surface area contributed by atoms with Gasteiger partial charge < -0.3 is 16.2 Å². The van der Waals surface area contributed by atoms with E-state index in [1.165, 1.54) is 0 Å². The van der Waals surface area contributed by atoms with Crippen LogP contribution in [-0.4, -0.2) is 23.0 Å². The maximum atomic E-state index is 6.72. The van der Waals surface area contributed by atoms with E-state index in [9.17, 15) is 0 Å². The van der Waals surface area contributed by atoms with Crippen molar-refractivity contribution in [2.45, 2.75) is 6.04 Å². The monoisotopic (exact) mass is 366 g/mol. The summed E-state index contributed by atoms with van der Waals surface area (Å²) < 4.78 is 7.08. The summed E-state index contributed by atoms with van der Waals surface area (Å²) in [5, 5.41) is 5.14. The van der Waals surface area contributed by atoms with Gasteiger partial charge in [-0.15, -0.1) is 0 Å². The lowest BCUT2D eigenvalue weighted by molar-refractivity contribution is -0.0275. The fourth-order valence-corrected chi connectivity index (χ4v) is 3.28. The van der Waals surface area contributed by atoms with Crippen LogP contribution in [0, 0.1) is 0 Å². The first-order valence-corrected chi connectivity index (χ1v) is 8.76. The van der Waals surface area contributed by atoms with Crippen molar-refractivity contribution in [1.29, 1.82) is 0 Å². The third-order valence-electron chi connectivity index (χ3n) is 4.50. The van der Waals surface area contributed by atoms with Crippen molar-refractivity contribution in [3.63, 3.8) is 0 Å². The zero-order valence-corrected chi connectivity index (χ0v) is 14.9. The average Bonchev–Trinajstić information content (AvgIpc) is 2.97. The number of hydrogen-bond acceptors (Lipinski definition) is 4. The van der Waals surface area contributed by atoms with Crippen molar-refractivity contribution in [3.05, 3.63) is 71.8 Å². The first-order chi connectivity index (χ1) is 12.7. The van der Waals surface area contributed by atoms with E-state index in [1.54, 1.807) is 4.68 Å². The van der Waals surface area contributed by atoms with Crippen molar-refractivity contribution in [2.24, 2.45) is 5.73 Å². The highest BCUT2D eigenvalue weighted by Gasteiger charge is 2.29. The summed E-state index contributed by atoms with van der Waals surface area (Å²) >= 11 is 6.72. The lowest BCUT2D eigenvalue weighted by Crippen LogP contribution is -2.32. The first-order valence-electron chi connectivity index (χ1n) is 8.39. The molecule has 5 nitrogen and oxygen atoms in total. The largest absolute Gasteiger partial charge is 0.397 e. The van der Waals surface area contributed by atoms with Crippen LogP contribution in [0.1, 0.15) is 17.2 Å². The standard InChI is InChI=1S/C20H19ClN4O/c21-17(18(22)13-7-3-1-4-8-13)16-19(14-9-5-2-6-10-14)24-25(20(16)23)15-11-26-12-15/h1-10,15H,11-12,22-23H2/b18-17+. The molecule has 1 saturated heterocycles. The third kappa shape index (κ3) is 2.85. The van der Waals surface area contributed by atoms with E-state index in [2.05, 4.69) is 0 Å². The van der Waals surface area contributed by atoms with Crippen LogP contribution in [-0.2, 0) is 4.74 Å². The number of nitrogens with two attached hydrogens (primary N) is 2. The maximum Gasteiger partial charge on any atom is 0.131 e. The molecule has 132 valence electrons. The molecule has 1 aliphatic heterocycles. The van der Waals surface area contributed by atoms with Gasteiger partial charge in [0.1, 0.15) is 17.6 Å². The van der Waals surface area contributed by atoms with Crippen LogP contribution < -0.4 is 11.5 Å². The first kappa shape index (κ1) is 16.7. The predicted octanol–water partition coefficient (Wildman–Crippen LogP) is 3.73. The summed E-state index contributed by atoms with van der Waals surface area (Å²) in [6, 6.07) is 19.6. The number of ether oxygens (including phenoxy) is 1. The minimum atomic E-state index is 0.119. The number of nitrogens with zero attached hydrogens (tertiary/aromatic N) is 2. The van der Waals surface area contributed by atoms with Gasteiger partial charge in [0.2, 0.25) is 0 Å². The summed E-state index contributed by atoms with van der Waals surface area (Å²) in [5.74, 6) is 0.501. The molecule has 0 amide bonds. The van der Waals surface area contributed by atoms with Crippen molar-refractivity contribution >= 4 is 28.1 Å². The van der Waals surface area contributed by atoms with Crippen LogP contribution in [0.5, 0.6) is 0 Å². The van der Waals surface area contributed by atoms with Crippen LogP contribution in [0.4, 0.5) is 5.82 Å². The number of benzene rings is 2. The van der Waals surface area contributed by atoms with Gasteiger partial charge in [0.15, 0.2) is 0 Å². The minimum Gasteiger partial charge on any atom is -0.397 e. The number of halogens is 1. The van der Waals surface area contributed by atoms with E-state index in [-0.39, 0.29) is 6.04 Å². The van der Waals surface area contributed by atoms with Crippen LogP contribution >= 0.6 is 11.6 Å². The summed E-state index contributed by atoms with van der Waals surface area (Å²) in [5.41, 5.74) is 16.4.